The Hall–Kier alpha value is -3.94. The van der Waals surface area contributed by atoms with Crippen LogP contribution in [0.1, 0.15) is 20.8 Å². The highest BCUT2D eigenvalue weighted by atomic mass is 16.5. The highest BCUT2D eigenvalue weighted by Crippen LogP contribution is 2.23. The van der Waals surface area contributed by atoms with Crippen LogP contribution in [0.2, 0.25) is 0 Å². The number of ether oxygens (including phenoxy) is 2. The van der Waals surface area contributed by atoms with Crippen LogP contribution in [-0.2, 0) is 4.74 Å². The van der Waals surface area contributed by atoms with Gasteiger partial charge in [-0.2, -0.15) is 0 Å². The van der Waals surface area contributed by atoms with Gasteiger partial charge in [0.2, 0.25) is 0 Å². The van der Waals surface area contributed by atoms with Crippen molar-refractivity contribution in [2.24, 2.45) is 0 Å². The molecule has 0 saturated carbocycles. The second kappa shape index (κ2) is 8.63. The minimum absolute atomic E-state index is 0.164. The Kier molecular flexibility index (Phi) is 5.81. The summed E-state index contributed by atoms with van der Waals surface area (Å²) in [6.07, 6.45) is 2.82. The second-order valence-electron chi connectivity index (χ2n) is 5.64. The Labute approximate surface area is 161 Å². The first kappa shape index (κ1) is 18.8. The highest BCUT2D eigenvalue weighted by Gasteiger charge is 2.11. The van der Waals surface area contributed by atoms with Gasteiger partial charge in [0.15, 0.2) is 0 Å². The number of nitrogens with zero attached hydrogens (tertiary/aromatic N) is 2. The van der Waals surface area contributed by atoms with Crippen molar-refractivity contribution < 1.29 is 19.1 Å². The second-order valence-corrected chi connectivity index (χ2v) is 5.64. The first-order chi connectivity index (χ1) is 13.6. The van der Waals surface area contributed by atoms with Crippen LogP contribution in [0.3, 0.4) is 0 Å². The van der Waals surface area contributed by atoms with Gasteiger partial charge in [-0.1, -0.05) is 12.1 Å². The molecule has 0 aliphatic carbocycles. The number of rotatable bonds is 6. The molecule has 0 atom stereocenters. The summed E-state index contributed by atoms with van der Waals surface area (Å²) in [6.45, 7) is 0. The molecule has 3 rings (SSSR count). The van der Waals surface area contributed by atoms with Crippen LogP contribution < -0.4 is 15.4 Å². The molecule has 28 heavy (non-hydrogen) atoms. The minimum Gasteiger partial charge on any atom is -0.495 e. The van der Waals surface area contributed by atoms with Gasteiger partial charge in [0, 0.05) is 5.69 Å². The van der Waals surface area contributed by atoms with Crippen LogP contribution in [0, 0.1) is 0 Å². The molecule has 0 fully saturated rings. The fraction of sp³-hybridized carbons (Fsp3) is 0.100. The highest BCUT2D eigenvalue weighted by molar-refractivity contribution is 6.03. The number of aromatic nitrogens is 2. The van der Waals surface area contributed by atoms with Gasteiger partial charge in [-0.15, -0.1) is 0 Å². The molecule has 2 aromatic carbocycles. The summed E-state index contributed by atoms with van der Waals surface area (Å²) in [4.78, 5) is 32.1. The largest absolute Gasteiger partial charge is 0.495 e. The first-order valence-corrected chi connectivity index (χ1v) is 8.32. The van der Waals surface area contributed by atoms with Gasteiger partial charge < -0.3 is 20.1 Å². The van der Waals surface area contributed by atoms with Crippen molar-refractivity contribution >= 4 is 29.1 Å². The lowest BCUT2D eigenvalue weighted by Crippen LogP contribution is -2.14. The normalized spacial score (nSPS) is 10.1. The van der Waals surface area contributed by atoms with E-state index in [2.05, 4.69) is 25.3 Å². The first-order valence-electron chi connectivity index (χ1n) is 8.32. The number of hydrogen-bond donors (Lipinski definition) is 2. The molecule has 1 amide bonds. The molecule has 0 bridgehead atoms. The third kappa shape index (κ3) is 4.42. The van der Waals surface area contributed by atoms with Gasteiger partial charge in [-0.05, 0) is 36.4 Å². The zero-order valence-electron chi connectivity index (χ0n) is 15.3. The van der Waals surface area contributed by atoms with E-state index in [0.717, 1.165) is 0 Å². The standard InChI is InChI=1S/C20H18N4O4/c1-27-17-6-4-3-5-15(17)24-19(25)16-11-22-18(12-21-16)23-14-9-7-13(8-10-14)20(26)28-2/h3-12H,1-2H3,(H,22,23)(H,24,25). The van der Waals surface area contributed by atoms with Crippen LogP contribution in [0.5, 0.6) is 5.75 Å². The van der Waals surface area contributed by atoms with Gasteiger partial charge in [0.25, 0.3) is 5.91 Å². The number of amides is 1. The SMILES string of the molecule is COC(=O)c1ccc(Nc2cnc(C(=O)Nc3ccccc3OC)cn2)cc1. The number of carbonyl (C=O) groups excluding carboxylic acids is 2. The summed E-state index contributed by atoms with van der Waals surface area (Å²) < 4.78 is 9.87. The zero-order valence-corrected chi connectivity index (χ0v) is 15.3. The van der Waals surface area contributed by atoms with Crippen molar-refractivity contribution in [1.82, 2.24) is 9.97 Å². The molecule has 2 N–H and O–H groups in total. The van der Waals surface area contributed by atoms with Gasteiger partial charge in [0.05, 0.1) is 37.9 Å². The number of methoxy groups -OCH3 is 2. The van der Waals surface area contributed by atoms with E-state index in [1.807, 2.05) is 6.07 Å². The van der Waals surface area contributed by atoms with Crippen LogP contribution in [0.15, 0.2) is 60.9 Å². The molecule has 8 nitrogen and oxygen atoms in total. The summed E-state index contributed by atoms with van der Waals surface area (Å²) in [6, 6.07) is 13.8. The molecular formula is C20H18N4O4. The number of nitrogens with one attached hydrogen (secondary N) is 2. The number of benzene rings is 2. The monoisotopic (exact) mass is 378 g/mol. The summed E-state index contributed by atoms with van der Waals surface area (Å²) in [7, 11) is 2.86. The fourth-order valence-corrected chi connectivity index (χ4v) is 2.40. The van der Waals surface area contributed by atoms with Crippen molar-refractivity contribution in [2.75, 3.05) is 24.9 Å². The van der Waals surface area contributed by atoms with E-state index in [1.165, 1.54) is 26.6 Å². The van der Waals surface area contributed by atoms with Crippen molar-refractivity contribution in [3.8, 4) is 5.75 Å². The van der Waals surface area contributed by atoms with Gasteiger partial charge >= 0.3 is 5.97 Å². The summed E-state index contributed by atoms with van der Waals surface area (Å²) in [5, 5.41) is 5.78. The Balaban J connectivity index is 1.66. The molecule has 0 spiro atoms. The molecule has 0 aliphatic heterocycles. The van der Waals surface area contributed by atoms with Crippen LogP contribution in [0.4, 0.5) is 17.2 Å². The average Bonchev–Trinajstić information content (AvgIpc) is 2.74. The molecular weight excluding hydrogens is 360 g/mol. The molecule has 142 valence electrons. The van der Waals surface area contributed by atoms with Crippen molar-refractivity contribution in [1.29, 1.82) is 0 Å². The Morgan fingerprint density at radius 1 is 0.929 bits per heavy atom. The quantitative estimate of drug-likeness (QED) is 0.635. The van der Waals surface area contributed by atoms with Crippen LogP contribution in [0.25, 0.3) is 0 Å². The number of para-hydroxylation sites is 2. The maximum Gasteiger partial charge on any atom is 0.337 e. The van der Waals surface area contributed by atoms with E-state index < -0.39 is 11.9 Å². The van der Waals surface area contributed by atoms with Crippen LogP contribution >= 0.6 is 0 Å². The Morgan fingerprint density at radius 2 is 1.68 bits per heavy atom. The van der Waals surface area contributed by atoms with E-state index in [1.54, 1.807) is 42.5 Å². The van der Waals surface area contributed by atoms with E-state index in [4.69, 9.17) is 4.74 Å². The summed E-state index contributed by atoms with van der Waals surface area (Å²) >= 11 is 0. The maximum atomic E-state index is 12.3. The number of esters is 1. The third-order valence-corrected chi connectivity index (χ3v) is 3.82. The minimum atomic E-state index is -0.406. The summed E-state index contributed by atoms with van der Waals surface area (Å²) in [5.74, 6) is 0.208. The third-order valence-electron chi connectivity index (χ3n) is 3.82. The lowest BCUT2D eigenvalue weighted by molar-refractivity contribution is 0.0600. The molecule has 1 heterocycles. The molecule has 0 unspecified atom stereocenters. The lowest BCUT2D eigenvalue weighted by atomic mass is 10.2. The maximum absolute atomic E-state index is 12.3. The fourth-order valence-electron chi connectivity index (χ4n) is 2.40. The molecule has 0 aliphatic rings. The van der Waals surface area contributed by atoms with Crippen molar-refractivity contribution in [2.45, 2.75) is 0 Å². The number of hydrogen-bond acceptors (Lipinski definition) is 7. The molecule has 0 radical (unpaired) electrons. The predicted octanol–water partition coefficient (Wildman–Crippen LogP) is 3.27. The van der Waals surface area contributed by atoms with Crippen molar-refractivity contribution in [3.05, 3.63) is 72.2 Å². The molecule has 8 heteroatoms. The topological polar surface area (TPSA) is 102 Å². The average molecular weight is 378 g/mol. The van der Waals surface area contributed by atoms with Crippen molar-refractivity contribution in [3.63, 3.8) is 0 Å². The van der Waals surface area contributed by atoms with Gasteiger partial charge in [0.1, 0.15) is 17.3 Å². The number of anilines is 3. The van der Waals surface area contributed by atoms with Gasteiger partial charge in [-0.3, -0.25) is 4.79 Å². The van der Waals surface area contributed by atoms with E-state index >= 15 is 0 Å². The number of carbonyl (C=O) groups is 2. The zero-order chi connectivity index (χ0) is 19.9. The van der Waals surface area contributed by atoms with Crippen LogP contribution in [-0.4, -0.2) is 36.1 Å². The molecule has 1 aromatic heterocycles. The summed E-state index contributed by atoms with van der Waals surface area (Å²) in [5.41, 5.74) is 1.87. The molecule has 0 saturated heterocycles. The Morgan fingerprint density at radius 3 is 2.32 bits per heavy atom. The predicted molar refractivity (Wildman–Crippen MR) is 104 cm³/mol. The molecule has 3 aromatic rings. The lowest BCUT2D eigenvalue weighted by Gasteiger charge is -2.10. The van der Waals surface area contributed by atoms with E-state index in [-0.39, 0.29) is 5.69 Å². The van der Waals surface area contributed by atoms with Gasteiger partial charge in [-0.25, -0.2) is 14.8 Å². The smallest absolute Gasteiger partial charge is 0.337 e. The van der Waals surface area contributed by atoms with E-state index in [9.17, 15) is 9.59 Å². The Bertz CT molecular complexity index is 972. The van der Waals surface area contributed by atoms with E-state index in [0.29, 0.717) is 28.5 Å².